The summed E-state index contributed by atoms with van der Waals surface area (Å²) in [6.45, 7) is -0.235. The minimum atomic E-state index is -4.62. The second-order valence-corrected chi connectivity index (χ2v) is 11.4. The van der Waals surface area contributed by atoms with Crippen molar-refractivity contribution in [1.29, 1.82) is 0 Å². The number of hydrogen-bond acceptors (Lipinski definition) is 6. The largest absolute Gasteiger partial charge is 0.508 e. The first-order valence-corrected chi connectivity index (χ1v) is 14.4. The van der Waals surface area contributed by atoms with Crippen LogP contribution in [0.2, 0.25) is 0 Å². The number of para-hydroxylation sites is 1. The fourth-order valence-corrected chi connectivity index (χ4v) is 6.04. The Kier molecular flexibility index (Phi) is 8.91. The number of fused-ring (bicyclic) bond motifs is 1. The van der Waals surface area contributed by atoms with Gasteiger partial charge in [-0.2, -0.15) is 13.2 Å². The van der Waals surface area contributed by atoms with Gasteiger partial charge < -0.3 is 25.1 Å². The average molecular weight is 625 g/mol. The number of anilines is 1. The molecule has 2 aliphatic rings. The SMILES string of the molecule is CN(C)c1c(CN2C[C@@H]3N(C(=O)CN(C)N3C(=O)NCc3ccccc3)[C@@H](Cc3ccc(O)cc3)C2=O)cccc1C(F)(F)F. The zero-order chi connectivity index (χ0) is 32.5. The fraction of sp³-hybridized carbons (Fsp3) is 0.344. The topological polar surface area (TPSA) is 99.7 Å². The number of alkyl halides is 3. The molecule has 4 amide bonds. The van der Waals surface area contributed by atoms with Crippen molar-refractivity contribution in [2.24, 2.45) is 0 Å². The van der Waals surface area contributed by atoms with Crippen molar-refractivity contribution in [3.05, 3.63) is 95.1 Å². The number of urea groups is 1. The van der Waals surface area contributed by atoms with Crippen LogP contribution in [0.25, 0.3) is 0 Å². The molecule has 5 rings (SSSR count). The van der Waals surface area contributed by atoms with Gasteiger partial charge in [0.25, 0.3) is 0 Å². The molecular weight excluding hydrogens is 589 g/mol. The number of carbonyl (C=O) groups is 3. The Labute approximate surface area is 259 Å². The smallest absolute Gasteiger partial charge is 0.418 e. The minimum Gasteiger partial charge on any atom is -0.508 e. The highest BCUT2D eigenvalue weighted by Gasteiger charge is 2.51. The first-order chi connectivity index (χ1) is 21.3. The molecule has 13 heteroatoms. The zero-order valence-corrected chi connectivity index (χ0v) is 25.2. The molecule has 0 spiro atoms. The van der Waals surface area contributed by atoms with E-state index in [2.05, 4.69) is 5.32 Å². The van der Waals surface area contributed by atoms with E-state index in [0.717, 1.165) is 11.6 Å². The Morgan fingerprint density at radius 3 is 2.31 bits per heavy atom. The Morgan fingerprint density at radius 1 is 0.978 bits per heavy atom. The lowest BCUT2D eigenvalue weighted by Gasteiger charge is -2.54. The molecule has 0 saturated carbocycles. The second-order valence-electron chi connectivity index (χ2n) is 11.4. The lowest BCUT2D eigenvalue weighted by atomic mass is 9.97. The number of nitrogens with one attached hydrogen (secondary N) is 1. The van der Waals surface area contributed by atoms with E-state index in [9.17, 15) is 32.7 Å². The van der Waals surface area contributed by atoms with E-state index in [1.165, 1.54) is 57.0 Å². The van der Waals surface area contributed by atoms with Crippen molar-refractivity contribution in [3.8, 4) is 5.75 Å². The number of rotatable bonds is 7. The molecule has 10 nitrogen and oxygen atoms in total. The number of aromatic hydroxyl groups is 1. The molecule has 2 fully saturated rings. The number of amides is 4. The predicted molar refractivity (Wildman–Crippen MR) is 161 cm³/mol. The number of hydrazine groups is 1. The Bertz CT molecular complexity index is 1550. The van der Waals surface area contributed by atoms with Crippen LogP contribution in [-0.4, -0.2) is 89.2 Å². The van der Waals surface area contributed by atoms with Gasteiger partial charge in [-0.15, -0.1) is 0 Å². The molecular formula is C32H35F3N6O4. The summed E-state index contributed by atoms with van der Waals surface area (Å²) in [7, 11) is 4.62. The third kappa shape index (κ3) is 6.68. The van der Waals surface area contributed by atoms with Crippen LogP contribution in [-0.2, 0) is 35.3 Å². The summed E-state index contributed by atoms with van der Waals surface area (Å²) in [5.41, 5.74) is 0.905. The molecule has 0 radical (unpaired) electrons. The monoisotopic (exact) mass is 624 g/mol. The number of benzene rings is 3. The van der Waals surface area contributed by atoms with E-state index >= 15 is 0 Å². The van der Waals surface area contributed by atoms with Gasteiger partial charge >= 0.3 is 12.2 Å². The Hall–Kier alpha value is -4.78. The quantitative estimate of drug-likeness (QED) is 0.417. The fourth-order valence-electron chi connectivity index (χ4n) is 6.04. The third-order valence-electron chi connectivity index (χ3n) is 8.03. The maximum Gasteiger partial charge on any atom is 0.418 e. The third-order valence-corrected chi connectivity index (χ3v) is 8.03. The molecule has 238 valence electrons. The molecule has 2 atom stereocenters. The van der Waals surface area contributed by atoms with Crippen molar-refractivity contribution in [1.82, 2.24) is 25.1 Å². The van der Waals surface area contributed by atoms with E-state index in [1.54, 1.807) is 25.2 Å². The summed E-state index contributed by atoms with van der Waals surface area (Å²) in [5.74, 6) is -0.783. The van der Waals surface area contributed by atoms with Crippen molar-refractivity contribution in [2.75, 3.05) is 39.1 Å². The number of likely N-dealkylation sites (N-methyl/N-ethyl adjacent to an activating group) is 1. The Morgan fingerprint density at radius 2 is 1.67 bits per heavy atom. The molecule has 2 saturated heterocycles. The number of phenols is 1. The first-order valence-electron chi connectivity index (χ1n) is 14.4. The molecule has 2 aliphatic heterocycles. The van der Waals surface area contributed by atoms with E-state index in [4.69, 9.17) is 0 Å². The molecule has 2 N–H and O–H groups in total. The van der Waals surface area contributed by atoms with Crippen molar-refractivity contribution in [2.45, 2.75) is 37.9 Å². The van der Waals surface area contributed by atoms with Gasteiger partial charge in [-0.05, 0) is 34.9 Å². The van der Waals surface area contributed by atoms with Crippen LogP contribution in [0.3, 0.4) is 0 Å². The molecule has 0 aliphatic carbocycles. The summed E-state index contributed by atoms with van der Waals surface area (Å²) < 4.78 is 42.0. The summed E-state index contributed by atoms with van der Waals surface area (Å²) in [5, 5.41) is 15.6. The molecule has 0 bridgehead atoms. The highest BCUT2D eigenvalue weighted by molar-refractivity contribution is 5.91. The van der Waals surface area contributed by atoms with Crippen LogP contribution in [0, 0.1) is 0 Å². The number of carbonyl (C=O) groups excluding carboxylic acids is 3. The van der Waals surface area contributed by atoms with Crippen molar-refractivity contribution in [3.63, 3.8) is 0 Å². The van der Waals surface area contributed by atoms with Crippen LogP contribution in [0.15, 0.2) is 72.8 Å². The number of nitrogens with zero attached hydrogens (tertiary/aromatic N) is 5. The number of halogens is 3. The number of phenolic OH excluding ortho intramolecular Hbond substituents is 1. The van der Waals surface area contributed by atoms with Crippen LogP contribution < -0.4 is 10.2 Å². The van der Waals surface area contributed by atoms with Gasteiger partial charge in [0.2, 0.25) is 11.8 Å². The maximum atomic E-state index is 14.1. The first kappa shape index (κ1) is 31.6. The van der Waals surface area contributed by atoms with Crippen LogP contribution in [0.5, 0.6) is 5.75 Å². The molecule has 0 unspecified atom stereocenters. The van der Waals surface area contributed by atoms with E-state index in [-0.39, 0.29) is 55.5 Å². The summed E-state index contributed by atoms with van der Waals surface area (Å²) >= 11 is 0. The summed E-state index contributed by atoms with van der Waals surface area (Å²) in [6.07, 6.45) is -5.48. The van der Waals surface area contributed by atoms with Gasteiger partial charge in [-0.25, -0.2) is 14.8 Å². The lowest BCUT2D eigenvalue weighted by Crippen LogP contribution is -2.76. The van der Waals surface area contributed by atoms with Crippen LogP contribution >= 0.6 is 0 Å². The molecule has 45 heavy (non-hydrogen) atoms. The van der Waals surface area contributed by atoms with Gasteiger partial charge in [0, 0.05) is 40.7 Å². The lowest BCUT2D eigenvalue weighted by molar-refractivity contribution is -0.187. The summed E-state index contributed by atoms with van der Waals surface area (Å²) in [6, 6.07) is 17.8. The van der Waals surface area contributed by atoms with Crippen molar-refractivity contribution >= 4 is 23.5 Å². The molecule has 3 aromatic carbocycles. The van der Waals surface area contributed by atoms with E-state index in [0.29, 0.717) is 5.56 Å². The Balaban J connectivity index is 1.52. The average Bonchev–Trinajstić information content (AvgIpc) is 2.99. The predicted octanol–water partition coefficient (Wildman–Crippen LogP) is 3.66. The highest BCUT2D eigenvalue weighted by atomic mass is 19.4. The van der Waals surface area contributed by atoms with Crippen LogP contribution in [0.1, 0.15) is 22.3 Å². The number of piperazine rings is 1. The minimum absolute atomic E-state index is 0.0333. The van der Waals surface area contributed by atoms with E-state index in [1.807, 2.05) is 30.3 Å². The second kappa shape index (κ2) is 12.7. The molecule has 0 aromatic heterocycles. The molecule has 2 heterocycles. The van der Waals surface area contributed by atoms with Gasteiger partial charge in [0.05, 0.1) is 24.3 Å². The number of hydrogen-bond donors (Lipinski definition) is 2. The standard InChI is InChI=1S/C32H35F3N6O4/c1-37(2)29-23(10-7-11-25(29)32(33,34)35)18-39-19-27-40(26(30(39)44)16-21-12-14-24(42)15-13-21)28(43)20-38(3)41(27)31(45)36-17-22-8-5-4-6-9-22/h4-15,26-27,42H,16-20H2,1-3H3,(H,36,45)/t26-,27+/m0/s1. The molecule has 3 aromatic rings. The van der Waals surface area contributed by atoms with E-state index < -0.39 is 35.9 Å². The van der Waals surface area contributed by atoms with Gasteiger partial charge in [-0.1, -0.05) is 54.6 Å². The maximum absolute atomic E-state index is 14.1. The van der Waals surface area contributed by atoms with Crippen LogP contribution in [0.4, 0.5) is 23.7 Å². The zero-order valence-electron chi connectivity index (χ0n) is 25.2. The van der Waals surface area contributed by atoms with Gasteiger partial charge in [0.15, 0.2) is 0 Å². The van der Waals surface area contributed by atoms with Gasteiger partial charge in [0.1, 0.15) is 18.0 Å². The normalized spacial score (nSPS) is 19.0. The van der Waals surface area contributed by atoms with Gasteiger partial charge in [-0.3, -0.25) is 9.59 Å². The highest BCUT2D eigenvalue weighted by Crippen LogP contribution is 2.39. The summed E-state index contributed by atoms with van der Waals surface area (Å²) in [4.78, 5) is 45.5. The van der Waals surface area contributed by atoms with Crippen molar-refractivity contribution < 1.29 is 32.7 Å².